The van der Waals surface area contributed by atoms with Crippen molar-refractivity contribution >= 4 is 34.1 Å². The fraction of sp³-hybridized carbons (Fsp3) is 0.211. The minimum Gasteiger partial charge on any atom is -0.348 e. The number of benzene rings is 2. The third kappa shape index (κ3) is 2.97. The molecule has 1 aromatic heterocycles. The van der Waals surface area contributed by atoms with Gasteiger partial charge in [-0.25, -0.2) is 0 Å². The first-order valence-corrected chi connectivity index (χ1v) is 7.94. The molecule has 0 saturated carbocycles. The van der Waals surface area contributed by atoms with Gasteiger partial charge in [-0.3, -0.25) is 4.79 Å². The van der Waals surface area contributed by atoms with Crippen LogP contribution in [0.15, 0.2) is 42.5 Å². The van der Waals surface area contributed by atoms with Gasteiger partial charge in [0.2, 0.25) is 5.91 Å². The van der Waals surface area contributed by atoms with Gasteiger partial charge >= 0.3 is 0 Å². The van der Waals surface area contributed by atoms with E-state index in [-0.39, 0.29) is 5.91 Å². The molecule has 0 aliphatic heterocycles. The number of aryl methyl sites for hydroxylation is 2. The maximum absolute atomic E-state index is 12.4. The van der Waals surface area contributed by atoms with Crippen molar-refractivity contribution in [2.45, 2.75) is 20.3 Å². The lowest BCUT2D eigenvalue weighted by molar-refractivity contribution is -0.115. The number of hydrogen-bond donors (Lipinski definition) is 1. The second-order valence-corrected chi connectivity index (χ2v) is 6.24. The summed E-state index contributed by atoms with van der Waals surface area (Å²) in [5.41, 5.74) is 5.05. The average molecular weight is 327 g/mol. The molecule has 0 bridgehead atoms. The number of para-hydroxylation sites is 1. The van der Waals surface area contributed by atoms with Gasteiger partial charge < -0.3 is 9.88 Å². The highest BCUT2D eigenvalue weighted by Gasteiger charge is 2.15. The molecule has 0 unspecified atom stereocenters. The van der Waals surface area contributed by atoms with E-state index in [1.807, 2.05) is 45.2 Å². The molecule has 118 valence electrons. The fourth-order valence-corrected chi connectivity index (χ4v) is 3.04. The molecule has 0 fully saturated rings. The molecule has 0 aliphatic rings. The van der Waals surface area contributed by atoms with E-state index < -0.39 is 0 Å². The third-order valence-corrected chi connectivity index (χ3v) is 4.73. The van der Waals surface area contributed by atoms with Gasteiger partial charge in [0.25, 0.3) is 0 Å². The standard InChI is InChI=1S/C19H19ClN2O/c1-12-8-9-14(10-17(12)20)21-19(23)11-16-13(2)22(3)18-7-5-4-6-15(16)18/h4-10H,11H2,1-3H3,(H,21,23). The SMILES string of the molecule is Cc1ccc(NC(=O)Cc2c(C)n(C)c3ccccc23)cc1Cl. The van der Waals surface area contributed by atoms with Crippen LogP contribution in [0, 0.1) is 13.8 Å². The molecule has 3 rings (SSSR count). The van der Waals surface area contributed by atoms with Gasteiger partial charge in [0.1, 0.15) is 0 Å². The number of fused-ring (bicyclic) bond motifs is 1. The Bertz CT molecular complexity index is 896. The summed E-state index contributed by atoms with van der Waals surface area (Å²) < 4.78 is 2.13. The summed E-state index contributed by atoms with van der Waals surface area (Å²) in [7, 11) is 2.03. The molecule has 0 saturated heterocycles. The second kappa shape index (κ2) is 6.09. The van der Waals surface area contributed by atoms with Crippen molar-refractivity contribution in [2.75, 3.05) is 5.32 Å². The molecule has 1 heterocycles. The van der Waals surface area contributed by atoms with Gasteiger partial charge in [-0.15, -0.1) is 0 Å². The molecular formula is C19H19ClN2O. The van der Waals surface area contributed by atoms with Crippen LogP contribution in [0.3, 0.4) is 0 Å². The number of anilines is 1. The van der Waals surface area contributed by atoms with Crippen LogP contribution in [0.25, 0.3) is 10.9 Å². The Labute approximate surface area is 140 Å². The van der Waals surface area contributed by atoms with E-state index in [9.17, 15) is 4.79 Å². The van der Waals surface area contributed by atoms with Gasteiger partial charge in [0.05, 0.1) is 6.42 Å². The molecule has 1 amide bonds. The Morgan fingerprint density at radius 1 is 1.17 bits per heavy atom. The van der Waals surface area contributed by atoms with E-state index in [1.165, 1.54) is 0 Å². The van der Waals surface area contributed by atoms with Crippen LogP contribution < -0.4 is 5.32 Å². The van der Waals surface area contributed by atoms with Crippen molar-refractivity contribution < 1.29 is 4.79 Å². The van der Waals surface area contributed by atoms with Crippen LogP contribution in [-0.4, -0.2) is 10.5 Å². The summed E-state index contributed by atoms with van der Waals surface area (Å²) in [6, 6.07) is 13.7. The largest absolute Gasteiger partial charge is 0.348 e. The molecule has 23 heavy (non-hydrogen) atoms. The summed E-state index contributed by atoms with van der Waals surface area (Å²) in [6.07, 6.45) is 0.346. The van der Waals surface area contributed by atoms with E-state index in [1.54, 1.807) is 6.07 Å². The highest BCUT2D eigenvalue weighted by Crippen LogP contribution is 2.26. The van der Waals surface area contributed by atoms with Crippen LogP contribution in [0.5, 0.6) is 0 Å². The summed E-state index contributed by atoms with van der Waals surface area (Å²) in [5.74, 6) is -0.0376. The summed E-state index contributed by atoms with van der Waals surface area (Å²) >= 11 is 6.11. The zero-order valence-electron chi connectivity index (χ0n) is 13.5. The lowest BCUT2D eigenvalue weighted by atomic mass is 10.1. The van der Waals surface area contributed by atoms with Crippen LogP contribution in [0.2, 0.25) is 5.02 Å². The minimum atomic E-state index is -0.0376. The summed E-state index contributed by atoms with van der Waals surface area (Å²) in [5, 5.41) is 4.71. The molecule has 0 spiro atoms. The lowest BCUT2D eigenvalue weighted by Crippen LogP contribution is -2.15. The maximum atomic E-state index is 12.4. The van der Waals surface area contributed by atoms with Crippen LogP contribution in [-0.2, 0) is 18.3 Å². The Balaban J connectivity index is 1.86. The van der Waals surface area contributed by atoms with Crippen LogP contribution in [0.4, 0.5) is 5.69 Å². The first kappa shape index (κ1) is 15.6. The van der Waals surface area contributed by atoms with Gasteiger partial charge in [-0.1, -0.05) is 35.9 Å². The molecule has 2 aromatic carbocycles. The molecule has 0 atom stereocenters. The molecule has 3 aromatic rings. The van der Waals surface area contributed by atoms with Gasteiger partial charge in [0.15, 0.2) is 0 Å². The molecule has 0 radical (unpaired) electrons. The zero-order valence-corrected chi connectivity index (χ0v) is 14.2. The normalized spacial score (nSPS) is 11.0. The predicted octanol–water partition coefficient (Wildman–Crippen LogP) is 4.63. The number of halogens is 1. The predicted molar refractivity (Wildman–Crippen MR) is 96.2 cm³/mol. The van der Waals surface area contributed by atoms with Crippen molar-refractivity contribution in [2.24, 2.45) is 7.05 Å². The first-order chi connectivity index (χ1) is 11.0. The molecule has 3 nitrogen and oxygen atoms in total. The van der Waals surface area contributed by atoms with E-state index in [2.05, 4.69) is 22.0 Å². The van der Waals surface area contributed by atoms with Crippen molar-refractivity contribution in [3.8, 4) is 0 Å². The number of nitrogens with one attached hydrogen (secondary N) is 1. The fourth-order valence-electron chi connectivity index (χ4n) is 2.86. The van der Waals surface area contributed by atoms with Gasteiger partial charge in [0, 0.05) is 34.4 Å². The molecule has 4 heteroatoms. The van der Waals surface area contributed by atoms with E-state index >= 15 is 0 Å². The number of hydrogen-bond acceptors (Lipinski definition) is 1. The van der Waals surface area contributed by atoms with E-state index in [0.29, 0.717) is 11.4 Å². The quantitative estimate of drug-likeness (QED) is 0.748. The van der Waals surface area contributed by atoms with Crippen LogP contribution in [0.1, 0.15) is 16.8 Å². The van der Waals surface area contributed by atoms with Gasteiger partial charge in [-0.2, -0.15) is 0 Å². The Morgan fingerprint density at radius 2 is 1.91 bits per heavy atom. The van der Waals surface area contributed by atoms with Crippen LogP contribution >= 0.6 is 11.6 Å². The molecule has 1 N–H and O–H groups in total. The Hall–Kier alpha value is -2.26. The summed E-state index contributed by atoms with van der Waals surface area (Å²) in [6.45, 7) is 3.98. The average Bonchev–Trinajstić information content (AvgIpc) is 2.76. The topological polar surface area (TPSA) is 34.0 Å². The second-order valence-electron chi connectivity index (χ2n) is 5.83. The zero-order chi connectivity index (χ0) is 16.6. The third-order valence-electron chi connectivity index (χ3n) is 4.32. The monoisotopic (exact) mass is 326 g/mol. The van der Waals surface area contributed by atoms with Crippen molar-refractivity contribution in [3.63, 3.8) is 0 Å². The molecule has 0 aliphatic carbocycles. The van der Waals surface area contributed by atoms with Crippen molar-refractivity contribution in [1.29, 1.82) is 0 Å². The number of aromatic nitrogens is 1. The number of rotatable bonds is 3. The van der Waals surface area contributed by atoms with E-state index in [4.69, 9.17) is 11.6 Å². The minimum absolute atomic E-state index is 0.0376. The maximum Gasteiger partial charge on any atom is 0.228 e. The van der Waals surface area contributed by atoms with Crippen molar-refractivity contribution in [1.82, 2.24) is 4.57 Å². The summed E-state index contributed by atoms with van der Waals surface area (Å²) in [4.78, 5) is 12.4. The highest BCUT2D eigenvalue weighted by molar-refractivity contribution is 6.31. The molecular weight excluding hydrogens is 308 g/mol. The lowest BCUT2D eigenvalue weighted by Gasteiger charge is -2.07. The smallest absolute Gasteiger partial charge is 0.228 e. The Morgan fingerprint density at radius 3 is 2.65 bits per heavy atom. The van der Waals surface area contributed by atoms with Crippen molar-refractivity contribution in [3.05, 3.63) is 64.3 Å². The highest BCUT2D eigenvalue weighted by atomic mass is 35.5. The number of nitrogens with zero attached hydrogens (tertiary/aromatic N) is 1. The number of carbonyl (C=O) groups excluding carboxylic acids is 1. The number of carbonyl (C=O) groups is 1. The Kier molecular flexibility index (Phi) is 4.14. The van der Waals surface area contributed by atoms with Gasteiger partial charge in [-0.05, 0) is 43.2 Å². The number of amides is 1. The van der Waals surface area contributed by atoms with E-state index in [0.717, 1.165) is 33.4 Å². The first-order valence-electron chi connectivity index (χ1n) is 7.56.